The molecule has 26 heavy (non-hydrogen) atoms. The highest BCUT2D eigenvalue weighted by Gasteiger charge is 2.46. The molecule has 2 rings (SSSR count). The monoisotopic (exact) mass is 364 g/mol. The molecule has 0 amide bonds. The first-order valence-electron chi connectivity index (χ1n) is 11.2. The van der Waals surface area contributed by atoms with Crippen molar-refractivity contribution in [1.29, 1.82) is 0 Å². The summed E-state index contributed by atoms with van der Waals surface area (Å²) < 4.78 is 0. The predicted molar refractivity (Wildman–Crippen MR) is 116 cm³/mol. The minimum absolute atomic E-state index is 0.284. The van der Waals surface area contributed by atoms with Crippen LogP contribution in [0.1, 0.15) is 108 Å². The van der Waals surface area contributed by atoms with E-state index in [0.717, 1.165) is 12.1 Å². The standard InChI is InChI=1S/C24H48N2/c1-21(2,3)19-14-18-26(19)24(9,10)16-15-23(7,8)20-13-11-12-17-25(20)22(4,5)6/h19-20H,11-18H2,1-10H3. The Morgan fingerprint density at radius 2 is 1.27 bits per heavy atom. The second kappa shape index (κ2) is 7.39. The largest absolute Gasteiger partial charge is 0.295 e. The number of piperidine rings is 1. The Labute approximate surface area is 165 Å². The molecule has 2 fully saturated rings. The quantitative estimate of drug-likeness (QED) is 0.561. The zero-order chi connectivity index (χ0) is 20.0. The third kappa shape index (κ3) is 4.85. The van der Waals surface area contributed by atoms with E-state index in [2.05, 4.69) is 79.0 Å². The maximum atomic E-state index is 2.81. The molecule has 0 saturated carbocycles. The lowest BCUT2D eigenvalue weighted by Gasteiger charge is -2.57. The average Bonchev–Trinajstić information content (AvgIpc) is 2.41. The number of hydrogen-bond acceptors (Lipinski definition) is 2. The highest BCUT2D eigenvalue weighted by Crippen LogP contribution is 2.44. The van der Waals surface area contributed by atoms with E-state index < -0.39 is 0 Å². The van der Waals surface area contributed by atoms with Crippen LogP contribution in [-0.4, -0.2) is 46.1 Å². The Bertz CT molecular complexity index is 464. The van der Waals surface area contributed by atoms with Crippen LogP contribution >= 0.6 is 0 Å². The van der Waals surface area contributed by atoms with E-state index in [0.29, 0.717) is 16.4 Å². The van der Waals surface area contributed by atoms with Crippen molar-refractivity contribution in [1.82, 2.24) is 9.80 Å². The molecule has 2 unspecified atom stereocenters. The van der Waals surface area contributed by atoms with E-state index in [4.69, 9.17) is 0 Å². The summed E-state index contributed by atoms with van der Waals surface area (Å²) in [5.74, 6) is 0. The summed E-state index contributed by atoms with van der Waals surface area (Å²) in [4.78, 5) is 5.61. The van der Waals surface area contributed by atoms with Crippen molar-refractivity contribution in [3.05, 3.63) is 0 Å². The van der Waals surface area contributed by atoms with Crippen LogP contribution in [0.25, 0.3) is 0 Å². The maximum absolute atomic E-state index is 2.81. The van der Waals surface area contributed by atoms with Crippen LogP contribution in [0, 0.1) is 10.8 Å². The van der Waals surface area contributed by atoms with E-state index >= 15 is 0 Å². The molecule has 0 aromatic heterocycles. The van der Waals surface area contributed by atoms with Crippen molar-refractivity contribution >= 4 is 0 Å². The highest BCUT2D eigenvalue weighted by atomic mass is 15.3. The second-order valence-corrected chi connectivity index (χ2v) is 12.5. The van der Waals surface area contributed by atoms with Crippen LogP contribution in [0.2, 0.25) is 0 Å². The first kappa shape index (κ1) is 22.2. The molecule has 0 spiro atoms. The normalized spacial score (nSPS) is 27.5. The van der Waals surface area contributed by atoms with Gasteiger partial charge in [0.15, 0.2) is 0 Å². The summed E-state index contributed by atoms with van der Waals surface area (Å²) in [6.45, 7) is 27.1. The lowest BCUT2D eigenvalue weighted by atomic mass is 9.70. The summed E-state index contributed by atoms with van der Waals surface area (Å²) >= 11 is 0. The summed E-state index contributed by atoms with van der Waals surface area (Å²) in [5, 5.41) is 0. The minimum atomic E-state index is 0.284. The molecular weight excluding hydrogens is 316 g/mol. The van der Waals surface area contributed by atoms with Crippen molar-refractivity contribution in [3.63, 3.8) is 0 Å². The Morgan fingerprint density at radius 3 is 1.73 bits per heavy atom. The number of nitrogens with zero attached hydrogens (tertiary/aromatic N) is 2. The smallest absolute Gasteiger partial charge is 0.0161 e. The van der Waals surface area contributed by atoms with Gasteiger partial charge in [0, 0.05) is 29.7 Å². The Hall–Kier alpha value is -0.0800. The first-order valence-corrected chi connectivity index (χ1v) is 11.2. The Morgan fingerprint density at radius 1 is 0.654 bits per heavy atom. The van der Waals surface area contributed by atoms with Gasteiger partial charge in [-0.15, -0.1) is 0 Å². The van der Waals surface area contributed by atoms with Crippen molar-refractivity contribution < 1.29 is 0 Å². The molecule has 0 aromatic rings. The van der Waals surface area contributed by atoms with Crippen molar-refractivity contribution in [3.8, 4) is 0 Å². The second-order valence-electron chi connectivity index (χ2n) is 12.5. The fraction of sp³-hybridized carbons (Fsp3) is 1.00. The van der Waals surface area contributed by atoms with Gasteiger partial charge in [0.25, 0.3) is 0 Å². The van der Waals surface area contributed by atoms with Gasteiger partial charge in [-0.25, -0.2) is 0 Å². The molecule has 2 aliphatic rings. The Kier molecular flexibility index (Phi) is 6.31. The van der Waals surface area contributed by atoms with Crippen molar-refractivity contribution in [2.24, 2.45) is 10.8 Å². The van der Waals surface area contributed by atoms with Gasteiger partial charge >= 0.3 is 0 Å². The first-order chi connectivity index (χ1) is 11.7. The zero-order valence-corrected chi connectivity index (χ0v) is 19.7. The van der Waals surface area contributed by atoms with E-state index in [9.17, 15) is 0 Å². The van der Waals surface area contributed by atoms with E-state index in [-0.39, 0.29) is 5.54 Å². The van der Waals surface area contributed by atoms with Gasteiger partial charge in [-0.1, -0.05) is 41.0 Å². The van der Waals surface area contributed by atoms with Crippen LogP contribution in [0.3, 0.4) is 0 Å². The molecule has 2 saturated heterocycles. The zero-order valence-electron chi connectivity index (χ0n) is 19.7. The molecule has 0 aliphatic carbocycles. The maximum Gasteiger partial charge on any atom is 0.0161 e. The molecule has 2 heterocycles. The van der Waals surface area contributed by atoms with Gasteiger partial charge in [0.2, 0.25) is 0 Å². The van der Waals surface area contributed by atoms with E-state index in [1.165, 1.54) is 51.6 Å². The summed E-state index contributed by atoms with van der Waals surface area (Å²) in [5.41, 5.74) is 1.38. The predicted octanol–water partition coefficient (Wildman–Crippen LogP) is 6.34. The summed E-state index contributed by atoms with van der Waals surface area (Å²) in [7, 11) is 0. The third-order valence-corrected chi connectivity index (χ3v) is 7.44. The van der Waals surface area contributed by atoms with Crippen LogP contribution in [-0.2, 0) is 0 Å². The topological polar surface area (TPSA) is 6.48 Å². The Balaban J connectivity index is 2.04. The van der Waals surface area contributed by atoms with Gasteiger partial charge in [-0.2, -0.15) is 0 Å². The number of likely N-dealkylation sites (tertiary alicyclic amines) is 2. The van der Waals surface area contributed by atoms with Gasteiger partial charge in [0.1, 0.15) is 0 Å². The number of rotatable bonds is 5. The van der Waals surface area contributed by atoms with Crippen molar-refractivity contribution in [2.75, 3.05) is 13.1 Å². The van der Waals surface area contributed by atoms with Gasteiger partial charge in [0.05, 0.1) is 0 Å². The fourth-order valence-electron chi connectivity index (χ4n) is 5.50. The lowest BCUT2D eigenvalue weighted by molar-refractivity contribution is -0.0734. The van der Waals surface area contributed by atoms with Crippen LogP contribution in [0.15, 0.2) is 0 Å². The third-order valence-electron chi connectivity index (χ3n) is 7.44. The molecule has 0 bridgehead atoms. The molecule has 154 valence electrons. The highest BCUT2D eigenvalue weighted by molar-refractivity contribution is 5.01. The molecule has 0 radical (unpaired) electrons. The molecule has 0 N–H and O–H groups in total. The van der Waals surface area contributed by atoms with Crippen LogP contribution in [0.5, 0.6) is 0 Å². The average molecular weight is 365 g/mol. The minimum Gasteiger partial charge on any atom is -0.295 e. The van der Waals surface area contributed by atoms with Crippen molar-refractivity contribution in [2.45, 2.75) is 131 Å². The molecular formula is C24H48N2. The van der Waals surface area contributed by atoms with Crippen LogP contribution < -0.4 is 0 Å². The SMILES string of the molecule is CC(C)(C)C1CCN1C(C)(C)CCC(C)(C)C1CCCCN1C(C)(C)C. The van der Waals surface area contributed by atoms with Gasteiger partial charge in [-0.05, 0) is 84.1 Å². The summed E-state index contributed by atoms with van der Waals surface area (Å²) in [6.07, 6.45) is 8.15. The molecule has 2 atom stereocenters. The molecule has 0 aromatic carbocycles. The number of hydrogen-bond donors (Lipinski definition) is 0. The molecule has 2 aliphatic heterocycles. The van der Waals surface area contributed by atoms with Crippen LogP contribution in [0.4, 0.5) is 0 Å². The summed E-state index contributed by atoms with van der Waals surface area (Å²) in [6, 6.07) is 1.48. The van der Waals surface area contributed by atoms with Gasteiger partial charge < -0.3 is 0 Å². The fourth-order valence-corrected chi connectivity index (χ4v) is 5.50. The lowest BCUT2D eigenvalue weighted by Crippen LogP contribution is -2.63. The van der Waals surface area contributed by atoms with E-state index in [1.807, 2.05) is 0 Å². The molecule has 2 nitrogen and oxygen atoms in total. The van der Waals surface area contributed by atoms with Gasteiger partial charge in [-0.3, -0.25) is 9.80 Å². The molecule has 2 heteroatoms. The van der Waals surface area contributed by atoms with E-state index in [1.54, 1.807) is 0 Å².